The molecule has 116 valence electrons. The van der Waals surface area contributed by atoms with Gasteiger partial charge in [0.05, 0.1) is 12.3 Å². The van der Waals surface area contributed by atoms with Crippen molar-refractivity contribution >= 4 is 11.7 Å². The number of hydrogen-bond acceptors (Lipinski definition) is 3. The van der Waals surface area contributed by atoms with Crippen molar-refractivity contribution in [1.82, 2.24) is 9.80 Å². The van der Waals surface area contributed by atoms with Crippen LogP contribution in [-0.2, 0) is 0 Å². The molecule has 0 atom stereocenters. The number of urea groups is 1. The van der Waals surface area contributed by atoms with E-state index in [4.69, 9.17) is 4.74 Å². The summed E-state index contributed by atoms with van der Waals surface area (Å²) in [6.07, 6.45) is 0. The molecule has 2 rings (SSSR count). The maximum atomic E-state index is 12.3. The van der Waals surface area contributed by atoms with Gasteiger partial charge in [-0.25, -0.2) is 4.79 Å². The molecule has 0 saturated carbocycles. The summed E-state index contributed by atoms with van der Waals surface area (Å²) in [6.45, 7) is 10.3. The number of nitrogens with one attached hydrogen (secondary N) is 1. The second-order valence-electron chi connectivity index (χ2n) is 5.48. The molecule has 2 amide bonds. The average molecular weight is 291 g/mol. The Morgan fingerprint density at radius 1 is 1.24 bits per heavy atom. The Hall–Kier alpha value is -1.75. The third kappa shape index (κ3) is 4.11. The van der Waals surface area contributed by atoms with Gasteiger partial charge in [0.2, 0.25) is 0 Å². The van der Waals surface area contributed by atoms with Gasteiger partial charge in [0.25, 0.3) is 0 Å². The van der Waals surface area contributed by atoms with Gasteiger partial charge in [0.15, 0.2) is 0 Å². The summed E-state index contributed by atoms with van der Waals surface area (Å²) < 4.78 is 5.53. The molecule has 1 aliphatic rings. The molecule has 0 spiro atoms. The molecule has 5 heteroatoms. The summed E-state index contributed by atoms with van der Waals surface area (Å²) >= 11 is 0. The third-order valence-corrected chi connectivity index (χ3v) is 3.76. The van der Waals surface area contributed by atoms with E-state index in [2.05, 4.69) is 24.1 Å². The Labute approximate surface area is 126 Å². The Kier molecular flexibility index (Phi) is 5.44. The van der Waals surface area contributed by atoms with Crippen molar-refractivity contribution in [3.05, 3.63) is 24.3 Å². The highest BCUT2D eigenvalue weighted by atomic mass is 16.5. The number of amides is 2. The topological polar surface area (TPSA) is 44.8 Å². The lowest BCUT2D eigenvalue weighted by Crippen LogP contribution is -2.51. The zero-order valence-electron chi connectivity index (χ0n) is 13.1. The molecular formula is C16H25N3O2. The van der Waals surface area contributed by atoms with E-state index in [9.17, 15) is 4.79 Å². The number of ether oxygens (including phenoxy) is 1. The van der Waals surface area contributed by atoms with Crippen molar-refractivity contribution in [2.24, 2.45) is 0 Å². The van der Waals surface area contributed by atoms with Crippen LogP contribution in [0.15, 0.2) is 24.3 Å². The number of rotatable bonds is 4. The number of hydrogen-bond donors (Lipinski definition) is 1. The maximum Gasteiger partial charge on any atom is 0.322 e. The molecule has 1 aromatic carbocycles. The summed E-state index contributed by atoms with van der Waals surface area (Å²) in [4.78, 5) is 16.6. The number of carbonyl (C=O) groups is 1. The second-order valence-corrected chi connectivity index (χ2v) is 5.48. The van der Waals surface area contributed by atoms with E-state index in [1.165, 1.54) is 0 Å². The van der Waals surface area contributed by atoms with Gasteiger partial charge in [-0.15, -0.1) is 0 Å². The van der Waals surface area contributed by atoms with Crippen LogP contribution in [0.1, 0.15) is 20.8 Å². The van der Waals surface area contributed by atoms with Gasteiger partial charge in [-0.05, 0) is 32.9 Å². The van der Waals surface area contributed by atoms with E-state index in [1.54, 1.807) is 0 Å². The molecule has 0 unspecified atom stereocenters. The van der Waals surface area contributed by atoms with Crippen molar-refractivity contribution in [3.63, 3.8) is 0 Å². The zero-order chi connectivity index (χ0) is 15.2. The van der Waals surface area contributed by atoms with E-state index in [1.807, 2.05) is 36.1 Å². The number of anilines is 1. The first-order chi connectivity index (χ1) is 10.1. The van der Waals surface area contributed by atoms with Crippen LogP contribution >= 0.6 is 0 Å². The minimum absolute atomic E-state index is 0.0504. The first-order valence-corrected chi connectivity index (χ1v) is 7.63. The lowest BCUT2D eigenvalue weighted by molar-refractivity contribution is 0.125. The van der Waals surface area contributed by atoms with Crippen molar-refractivity contribution in [2.45, 2.75) is 26.8 Å². The largest absolute Gasteiger partial charge is 0.492 e. The van der Waals surface area contributed by atoms with Crippen LogP contribution in [0, 0.1) is 0 Å². The highest BCUT2D eigenvalue weighted by Gasteiger charge is 2.22. The van der Waals surface area contributed by atoms with Gasteiger partial charge in [-0.3, -0.25) is 4.90 Å². The van der Waals surface area contributed by atoms with Gasteiger partial charge in [-0.2, -0.15) is 0 Å². The molecular weight excluding hydrogens is 266 g/mol. The van der Waals surface area contributed by atoms with Gasteiger partial charge in [-0.1, -0.05) is 12.1 Å². The lowest BCUT2D eigenvalue weighted by Gasteiger charge is -2.36. The molecule has 1 fully saturated rings. The van der Waals surface area contributed by atoms with Crippen molar-refractivity contribution < 1.29 is 9.53 Å². The quantitative estimate of drug-likeness (QED) is 0.927. The van der Waals surface area contributed by atoms with Crippen LogP contribution in [0.2, 0.25) is 0 Å². The number of carbonyl (C=O) groups excluding carboxylic acids is 1. The van der Waals surface area contributed by atoms with Gasteiger partial charge in [0.1, 0.15) is 5.75 Å². The summed E-state index contributed by atoms with van der Waals surface area (Å²) in [5.74, 6) is 0.717. The fourth-order valence-corrected chi connectivity index (χ4v) is 2.49. The van der Waals surface area contributed by atoms with Crippen LogP contribution < -0.4 is 10.1 Å². The molecule has 1 heterocycles. The lowest BCUT2D eigenvalue weighted by atomic mass is 10.2. The molecule has 1 aliphatic heterocycles. The van der Waals surface area contributed by atoms with Crippen LogP contribution in [-0.4, -0.2) is 54.7 Å². The van der Waals surface area contributed by atoms with Crippen molar-refractivity contribution in [1.29, 1.82) is 0 Å². The Balaban J connectivity index is 1.93. The van der Waals surface area contributed by atoms with Crippen molar-refractivity contribution in [3.8, 4) is 5.75 Å². The minimum atomic E-state index is -0.0504. The van der Waals surface area contributed by atoms with Crippen molar-refractivity contribution in [2.75, 3.05) is 38.1 Å². The van der Waals surface area contributed by atoms with E-state index < -0.39 is 0 Å². The molecule has 0 aromatic heterocycles. The molecule has 1 saturated heterocycles. The van der Waals surface area contributed by atoms with Gasteiger partial charge in [0, 0.05) is 32.2 Å². The predicted molar refractivity (Wildman–Crippen MR) is 84.9 cm³/mol. The highest BCUT2D eigenvalue weighted by molar-refractivity contribution is 5.91. The second kappa shape index (κ2) is 7.31. The maximum absolute atomic E-state index is 12.3. The molecule has 1 aromatic rings. The number of piperazine rings is 1. The van der Waals surface area contributed by atoms with E-state index in [0.717, 1.165) is 31.9 Å². The number of benzene rings is 1. The summed E-state index contributed by atoms with van der Waals surface area (Å²) in [6, 6.07) is 8.03. The first-order valence-electron chi connectivity index (χ1n) is 7.63. The summed E-state index contributed by atoms with van der Waals surface area (Å²) in [7, 11) is 0. The highest BCUT2D eigenvalue weighted by Crippen LogP contribution is 2.24. The number of para-hydroxylation sites is 2. The monoisotopic (exact) mass is 291 g/mol. The van der Waals surface area contributed by atoms with Crippen LogP contribution in [0.25, 0.3) is 0 Å². The Bertz CT molecular complexity index is 468. The molecule has 0 aliphatic carbocycles. The minimum Gasteiger partial charge on any atom is -0.492 e. The normalized spacial score (nSPS) is 16.1. The fourth-order valence-electron chi connectivity index (χ4n) is 2.49. The van der Waals surface area contributed by atoms with E-state index in [-0.39, 0.29) is 6.03 Å². The molecule has 5 nitrogen and oxygen atoms in total. The summed E-state index contributed by atoms with van der Waals surface area (Å²) in [5.41, 5.74) is 0.732. The van der Waals surface area contributed by atoms with Crippen LogP contribution in [0.5, 0.6) is 5.75 Å². The summed E-state index contributed by atoms with van der Waals surface area (Å²) in [5, 5.41) is 2.95. The number of nitrogens with zero attached hydrogens (tertiary/aromatic N) is 2. The average Bonchev–Trinajstić information content (AvgIpc) is 2.49. The Morgan fingerprint density at radius 2 is 1.90 bits per heavy atom. The van der Waals surface area contributed by atoms with Crippen LogP contribution in [0.4, 0.5) is 10.5 Å². The molecule has 21 heavy (non-hydrogen) atoms. The third-order valence-electron chi connectivity index (χ3n) is 3.76. The SMILES string of the molecule is CCOc1ccccc1NC(=O)N1CCN(C(C)C)CC1. The first kappa shape index (κ1) is 15.6. The van der Waals surface area contributed by atoms with E-state index in [0.29, 0.717) is 18.4 Å². The van der Waals surface area contributed by atoms with E-state index >= 15 is 0 Å². The molecule has 0 bridgehead atoms. The smallest absolute Gasteiger partial charge is 0.322 e. The zero-order valence-corrected chi connectivity index (χ0v) is 13.1. The van der Waals surface area contributed by atoms with Gasteiger partial charge < -0.3 is 15.0 Å². The van der Waals surface area contributed by atoms with Gasteiger partial charge >= 0.3 is 6.03 Å². The Morgan fingerprint density at radius 3 is 2.52 bits per heavy atom. The molecule has 0 radical (unpaired) electrons. The molecule has 1 N–H and O–H groups in total. The van der Waals surface area contributed by atoms with Crippen LogP contribution in [0.3, 0.4) is 0 Å². The standard InChI is InChI=1S/C16H25N3O2/c1-4-21-15-8-6-5-7-14(15)17-16(20)19-11-9-18(10-12-19)13(2)3/h5-8,13H,4,9-12H2,1-3H3,(H,17,20). The predicted octanol–water partition coefficient (Wildman–Crippen LogP) is 2.64. The fraction of sp³-hybridized carbons (Fsp3) is 0.562.